The maximum absolute atomic E-state index is 13.1. The van der Waals surface area contributed by atoms with Crippen molar-refractivity contribution in [2.24, 2.45) is 0 Å². The molecule has 0 aromatic heterocycles. The van der Waals surface area contributed by atoms with Gasteiger partial charge in [-0.2, -0.15) is 0 Å². The molecule has 162 valence electrons. The minimum atomic E-state index is -1.83. The van der Waals surface area contributed by atoms with Crippen LogP contribution in [0, 0.1) is 0 Å². The van der Waals surface area contributed by atoms with E-state index in [-0.39, 0.29) is 0 Å². The third-order valence-electron chi connectivity index (χ3n) is 5.86. The molecule has 0 atom stereocenters. The highest BCUT2D eigenvalue weighted by atomic mass is 16.3. The summed E-state index contributed by atoms with van der Waals surface area (Å²) < 4.78 is 0. The van der Waals surface area contributed by atoms with Crippen LogP contribution in [0.15, 0.2) is 97.1 Å². The highest BCUT2D eigenvalue weighted by Crippen LogP contribution is 2.30. The van der Waals surface area contributed by atoms with Gasteiger partial charge < -0.3 is 10.4 Å². The van der Waals surface area contributed by atoms with Crippen LogP contribution in [0.3, 0.4) is 0 Å². The topological polar surface area (TPSA) is 86.7 Å². The zero-order valence-electron chi connectivity index (χ0n) is 17.6. The van der Waals surface area contributed by atoms with Crippen LogP contribution in [0.25, 0.3) is 10.8 Å². The largest absolute Gasteiger partial charge is 0.363 e. The number of nitrogens with zero attached hydrogens (tertiary/aromatic N) is 1. The summed E-state index contributed by atoms with van der Waals surface area (Å²) in [5, 5.41) is 15.6. The Bertz CT molecular complexity index is 1290. The van der Waals surface area contributed by atoms with Crippen molar-refractivity contribution in [2.45, 2.75) is 5.72 Å². The zero-order valence-corrected chi connectivity index (χ0v) is 17.6. The van der Waals surface area contributed by atoms with Crippen molar-refractivity contribution in [3.63, 3.8) is 0 Å². The lowest BCUT2D eigenvalue weighted by Gasteiger charge is -2.32. The summed E-state index contributed by atoms with van der Waals surface area (Å²) in [7, 11) is 0. The maximum atomic E-state index is 13.1. The molecule has 1 aliphatic heterocycles. The molecule has 0 aliphatic carbocycles. The monoisotopic (exact) mass is 436 g/mol. The lowest BCUT2D eigenvalue weighted by Crippen LogP contribution is -2.52. The van der Waals surface area contributed by atoms with Gasteiger partial charge in [0.1, 0.15) is 6.54 Å². The van der Waals surface area contributed by atoms with Gasteiger partial charge in [-0.25, -0.2) is 0 Å². The van der Waals surface area contributed by atoms with Crippen LogP contribution in [-0.4, -0.2) is 34.3 Å². The van der Waals surface area contributed by atoms with Crippen molar-refractivity contribution in [3.05, 3.63) is 119 Å². The van der Waals surface area contributed by atoms with Gasteiger partial charge in [-0.3, -0.25) is 19.3 Å². The molecular formula is C27H20N2O4. The summed E-state index contributed by atoms with van der Waals surface area (Å²) in [5.41, 5.74) is -0.181. The molecule has 0 unspecified atom stereocenters. The van der Waals surface area contributed by atoms with Crippen LogP contribution in [0.4, 0.5) is 0 Å². The van der Waals surface area contributed by atoms with Crippen LogP contribution >= 0.6 is 0 Å². The van der Waals surface area contributed by atoms with Gasteiger partial charge in [-0.1, -0.05) is 84.9 Å². The average Bonchev–Trinajstić information content (AvgIpc) is 2.86. The number of hydrogen-bond acceptors (Lipinski definition) is 4. The molecular weight excluding hydrogens is 416 g/mol. The lowest BCUT2D eigenvalue weighted by atomic mass is 9.93. The second kappa shape index (κ2) is 8.00. The Morgan fingerprint density at radius 1 is 0.727 bits per heavy atom. The maximum Gasteiger partial charge on any atom is 0.261 e. The fourth-order valence-corrected chi connectivity index (χ4v) is 4.28. The third kappa shape index (κ3) is 3.46. The molecule has 0 bridgehead atoms. The summed E-state index contributed by atoms with van der Waals surface area (Å²) in [4.78, 5) is 40.3. The van der Waals surface area contributed by atoms with Crippen molar-refractivity contribution in [2.75, 3.05) is 6.54 Å². The van der Waals surface area contributed by atoms with Gasteiger partial charge in [-0.05, 0) is 17.5 Å². The molecule has 0 spiro atoms. The second-order valence-electron chi connectivity index (χ2n) is 7.90. The highest BCUT2D eigenvalue weighted by Gasteiger charge is 2.37. The Morgan fingerprint density at radius 3 is 1.70 bits per heavy atom. The van der Waals surface area contributed by atoms with E-state index in [1.807, 2.05) is 12.1 Å². The predicted molar refractivity (Wildman–Crippen MR) is 123 cm³/mol. The lowest BCUT2D eigenvalue weighted by molar-refractivity contribution is -0.127. The fraction of sp³-hybridized carbons (Fsp3) is 0.0741. The Balaban J connectivity index is 1.47. The fourth-order valence-electron chi connectivity index (χ4n) is 4.28. The van der Waals surface area contributed by atoms with Crippen LogP contribution in [0.5, 0.6) is 0 Å². The first-order valence-corrected chi connectivity index (χ1v) is 10.5. The Morgan fingerprint density at radius 2 is 1.21 bits per heavy atom. The van der Waals surface area contributed by atoms with E-state index in [9.17, 15) is 19.5 Å². The smallest absolute Gasteiger partial charge is 0.261 e. The summed E-state index contributed by atoms with van der Waals surface area (Å²) in [5.74, 6) is -1.75. The third-order valence-corrected chi connectivity index (χ3v) is 5.86. The minimum Gasteiger partial charge on any atom is -0.363 e. The number of imide groups is 1. The van der Waals surface area contributed by atoms with Gasteiger partial charge in [0.15, 0.2) is 5.72 Å². The van der Waals surface area contributed by atoms with Crippen molar-refractivity contribution >= 4 is 28.5 Å². The Kier molecular flexibility index (Phi) is 4.99. The van der Waals surface area contributed by atoms with Crippen LogP contribution in [0.1, 0.15) is 31.8 Å². The summed E-state index contributed by atoms with van der Waals surface area (Å²) >= 11 is 0. The first-order valence-electron chi connectivity index (χ1n) is 10.5. The highest BCUT2D eigenvalue weighted by molar-refractivity contribution is 6.26. The molecule has 0 fully saturated rings. The molecule has 6 heteroatoms. The number of amides is 3. The number of carbonyl (C=O) groups is 3. The molecule has 1 aliphatic rings. The second-order valence-corrected chi connectivity index (χ2v) is 7.90. The van der Waals surface area contributed by atoms with E-state index in [1.54, 1.807) is 84.9 Å². The molecule has 3 amide bonds. The SMILES string of the molecule is O=C(CN1C(=O)c2cccc3cccc(c23)C1=O)NC(O)(c1ccccc1)c1ccccc1. The summed E-state index contributed by atoms with van der Waals surface area (Å²) in [6.45, 7) is -0.523. The van der Waals surface area contributed by atoms with E-state index >= 15 is 0 Å². The van der Waals surface area contributed by atoms with E-state index in [0.717, 1.165) is 10.3 Å². The van der Waals surface area contributed by atoms with E-state index in [1.165, 1.54) is 0 Å². The number of hydrogen-bond donors (Lipinski definition) is 2. The Labute approximate surface area is 190 Å². The Hall–Kier alpha value is -4.29. The van der Waals surface area contributed by atoms with Gasteiger partial charge in [0.05, 0.1) is 0 Å². The van der Waals surface area contributed by atoms with Crippen LogP contribution in [-0.2, 0) is 10.5 Å². The van der Waals surface area contributed by atoms with Crippen molar-refractivity contribution in [1.29, 1.82) is 0 Å². The molecule has 4 aromatic rings. The number of aliphatic hydroxyl groups is 1. The number of rotatable bonds is 5. The molecule has 4 aromatic carbocycles. The van der Waals surface area contributed by atoms with Gasteiger partial charge >= 0.3 is 0 Å². The average molecular weight is 436 g/mol. The van der Waals surface area contributed by atoms with Crippen molar-refractivity contribution in [1.82, 2.24) is 10.2 Å². The van der Waals surface area contributed by atoms with Gasteiger partial charge in [-0.15, -0.1) is 0 Å². The van der Waals surface area contributed by atoms with E-state index in [0.29, 0.717) is 27.6 Å². The summed E-state index contributed by atoms with van der Waals surface area (Å²) in [6, 6.07) is 27.9. The standard InChI is InChI=1S/C27H20N2O4/c30-23(28-27(33,19-11-3-1-4-12-19)20-13-5-2-6-14-20)17-29-25(31)21-15-7-9-18-10-8-16-22(24(18)21)26(29)32/h1-16,33H,17H2,(H,28,30). The molecule has 0 saturated carbocycles. The quantitative estimate of drug-likeness (QED) is 0.371. The van der Waals surface area contributed by atoms with Gasteiger partial charge in [0.25, 0.3) is 11.8 Å². The number of carbonyl (C=O) groups excluding carboxylic acids is 3. The van der Waals surface area contributed by atoms with Crippen molar-refractivity contribution in [3.8, 4) is 0 Å². The molecule has 33 heavy (non-hydrogen) atoms. The minimum absolute atomic E-state index is 0.372. The predicted octanol–water partition coefficient (Wildman–Crippen LogP) is 3.45. The first kappa shape index (κ1) is 20.6. The molecule has 1 heterocycles. The molecule has 6 nitrogen and oxygen atoms in total. The zero-order chi connectivity index (χ0) is 23.0. The summed E-state index contributed by atoms with van der Waals surface area (Å²) in [6.07, 6.45) is 0. The molecule has 0 radical (unpaired) electrons. The van der Waals surface area contributed by atoms with Crippen LogP contribution in [0.2, 0.25) is 0 Å². The first-order chi connectivity index (χ1) is 16.0. The van der Waals surface area contributed by atoms with Crippen molar-refractivity contribution < 1.29 is 19.5 Å². The number of benzene rings is 4. The number of nitrogens with one attached hydrogen (secondary N) is 1. The molecule has 0 saturated heterocycles. The van der Waals surface area contributed by atoms with Crippen LogP contribution < -0.4 is 5.32 Å². The normalized spacial score (nSPS) is 13.3. The van der Waals surface area contributed by atoms with Gasteiger partial charge in [0.2, 0.25) is 5.91 Å². The van der Waals surface area contributed by atoms with Gasteiger partial charge in [0, 0.05) is 27.6 Å². The molecule has 2 N–H and O–H groups in total. The molecule has 5 rings (SSSR count). The van der Waals surface area contributed by atoms with E-state index < -0.39 is 30.0 Å². The van der Waals surface area contributed by atoms with E-state index in [4.69, 9.17) is 0 Å². The van der Waals surface area contributed by atoms with E-state index in [2.05, 4.69) is 5.32 Å².